The molecule has 0 saturated carbocycles. The Balaban J connectivity index is 1.69. The van der Waals surface area contributed by atoms with Crippen LogP contribution in [0, 0.1) is 5.92 Å². The van der Waals surface area contributed by atoms with Crippen molar-refractivity contribution < 1.29 is 5.11 Å². The summed E-state index contributed by atoms with van der Waals surface area (Å²) in [6, 6.07) is 5.53. The molecule has 3 rings (SSSR count). The molecule has 0 aromatic carbocycles. The fraction of sp³-hybridized carbons (Fsp3) is 0.538. The second-order valence-corrected chi connectivity index (χ2v) is 5.07. The summed E-state index contributed by atoms with van der Waals surface area (Å²) in [6.45, 7) is 3.57. The zero-order valence-electron chi connectivity index (χ0n) is 10.8. The van der Waals surface area contributed by atoms with Crippen LogP contribution in [0.3, 0.4) is 0 Å². The highest BCUT2D eigenvalue weighted by Gasteiger charge is 2.21. The molecule has 0 aliphatic carbocycles. The van der Waals surface area contributed by atoms with Crippen LogP contribution in [0.25, 0.3) is 5.65 Å². The average molecular weight is 262 g/mol. The van der Waals surface area contributed by atoms with Crippen molar-refractivity contribution in [1.29, 1.82) is 0 Å². The largest absolute Gasteiger partial charge is 0.396 e. The van der Waals surface area contributed by atoms with Crippen LogP contribution in [0.1, 0.15) is 6.42 Å². The number of pyridine rings is 1. The van der Waals surface area contributed by atoms with E-state index in [4.69, 9.17) is 5.11 Å². The maximum Gasteiger partial charge on any atom is 0.350 e. The number of aliphatic hydroxyl groups excluding tert-OH is 1. The number of fused-ring (bicyclic) bond motifs is 1. The van der Waals surface area contributed by atoms with E-state index >= 15 is 0 Å². The van der Waals surface area contributed by atoms with Crippen molar-refractivity contribution in [2.24, 2.45) is 5.92 Å². The Hall–Kier alpha value is -1.66. The van der Waals surface area contributed by atoms with E-state index in [1.54, 1.807) is 10.6 Å². The normalized spacial score (nSPS) is 20.4. The monoisotopic (exact) mass is 262 g/mol. The quantitative estimate of drug-likeness (QED) is 0.829. The fourth-order valence-corrected chi connectivity index (χ4v) is 2.61. The Morgan fingerprint density at radius 2 is 2.26 bits per heavy atom. The van der Waals surface area contributed by atoms with E-state index in [1.807, 2.05) is 18.2 Å². The molecule has 1 N–H and O–H groups in total. The second kappa shape index (κ2) is 5.14. The van der Waals surface area contributed by atoms with Crippen molar-refractivity contribution in [2.45, 2.75) is 13.0 Å². The lowest BCUT2D eigenvalue weighted by atomic mass is 10.1. The number of aromatic nitrogens is 3. The topological polar surface area (TPSA) is 62.8 Å². The first-order valence-electron chi connectivity index (χ1n) is 6.65. The van der Waals surface area contributed by atoms with Gasteiger partial charge in [0.15, 0.2) is 5.65 Å². The summed E-state index contributed by atoms with van der Waals surface area (Å²) in [6.07, 6.45) is 2.77. The maximum absolute atomic E-state index is 12.1. The van der Waals surface area contributed by atoms with Crippen molar-refractivity contribution in [2.75, 3.05) is 26.2 Å². The molecule has 0 radical (unpaired) electrons. The van der Waals surface area contributed by atoms with Gasteiger partial charge < -0.3 is 10.0 Å². The van der Waals surface area contributed by atoms with E-state index in [1.165, 1.54) is 4.68 Å². The summed E-state index contributed by atoms with van der Waals surface area (Å²) < 4.78 is 3.07. The molecule has 2 aromatic heterocycles. The van der Waals surface area contributed by atoms with Crippen LogP contribution >= 0.6 is 0 Å². The standard InChI is InChI=1S/C13H18N4O2/c18-10-11-4-6-15(9-11)7-8-17-13(19)16-5-2-1-3-12(16)14-17/h1-3,5,11,18H,4,6-10H2. The number of nitrogens with zero attached hydrogens (tertiary/aromatic N) is 4. The molecule has 1 aliphatic rings. The zero-order chi connectivity index (χ0) is 13.2. The highest BCUT2D eigenvalue weighted by Crippen LogP contribution is 2.14. The third-order valence-electron chi connectivity index (χ3n) is 3.74. The Labute approximate surface area is 110 Å². The van der Waals surface area contributed by atoms with Gasteiger partial charge in [0.2, 0.25) is 0 Å². The SMILES string of the molecule is O=c1n(CCN2CCC(CO)C2)nc2ccccn12. The van der Waals surface area contributed by atoms with Gasteiger partial charge in [-0.1, -0.05) is 6.07 Å². The highest BCUT2D eigenvalue weighted by atomic mass is 16.3. The third-order valence-corrected chi connectivity index (χ3v) is 3.74. The molecular formula is C13H18N4O2. The third kappa shape index (κ3) is 2.41. The van der Waals surface area contributed by atoms with E-state index in [0.29, 0.717) is 18.1 Å². The summed E-state index contributed by atoms with van der Waals surface area (Å²) in [7, 11) is 0. The number of likely N-dealkylation sites (tertiary alicyclic amines) is 1. The first kappa shape index (κ1) is 12.4. The van der Waals surface area contributed by atoms with Gasteiger partial charge in [-0.15, -0.1) is 5.10 Å². The molecule has 0 bridgehead atoms. The molecule has 0 spiro atoms. The smallest absolute Gasteiger partial charge is 0.350 e. The van der Waals surface area contributed by atoms with E-state index in [-0.39, 0.29) is 12.3 Å². The van der Waals surface area contributed by atoms with Gasteiger partial charge in [-0.2, -0.15) is 0 Å². The van der Waals surface area contributed by atoms with Crippen LogP contribution in [0.15, 0.2) is 29.2 Å². The van der Waals surface area contributed by atoms with Gasteiger partial charge in [0.25, 0.3) is 0 Å². The second-order valence-electron chi connectivity index (χ2n) is 5.07. The van der Waals surface area contributed by atoms with Gasteiger partial charge in [-0.25, -0.2) is 9.48 Å². The lowest BCUT2D eigenvalue weighted by Gasteiger charge is -2.14. The van der Waals surface area contributed by atoms with Crippen LogP contribution in [-0.2, 0) is 6.54 Å². The predicted molar refractivity (Wildman–Crippen MR) is 71.1 cm³/mol. The van der Waals surface area contributed by atoms with Crippen molar-refractivity contribution in [1.82, 2.24) is 19.1 Å². The summed E-state index contributed by atoms with van der Waals surface area (Å²) in [5, 5.41) is 13.4. The van der Waals surface area contributed by atoms with Gasteiger partial charge in [0.1, 0.15) is 0 Å². The number of hydrogen-bond donors (Lipinski definition) is 1. The van der Waals surface area contributed by atoms with Gasteiger partial charge >= 0.3 is 5.69 Å². The molecule has 1 unspecified atom stereocenters. The molecule has 0 amide bonds. The molecule has 6 nitrogen and oxygen atoms in total. The van der Waals surface area contributed by atoms with Crippen LogP contribution in [0.2, 0.25) is 0 Å². The molecule has 1 fully saturated rings. The molecule has 19 heavy (non-hydrogen) atoms. The molecule has 102 valence electrons. The van der Waals surface area contributed by atoms with Gasteiger partial charge in [-0.05, 0) is 31.0 Å². The molecule has 1 saturated heterocycles. The predicted octanol–water partition coefficient (Wildman–Crippen LogP) is -0.190. The Bertz CT molecular complexity index is 618. The van der Waals surface area contributed by atoms with Crippen LogP contribution in [0.5, 0.6) is 0 Å². The van der Waals surface area contributed by atoms with Crippen molar-refractivity contribution in [3.8, 4) is 0 Å². The number of hydrogen-bond acceptors (Lipinski definition) is 4. The van der Waals surface area contributed by atoms with Gasteiger partial charge in [-0.3, -0.25) is 4.40 Å². The Morgan fingerprint density at radius 1 is 1.37 bits per heavy atom. The number of aliphatic hydroxyl groups is 1. The molecule has 1 aliphatic heterocycles. The van der Waals surface area contributed by atoms with E-state index in [0.717, 1.165) is 26.1 Å². The summed E-state index contributed by atoms with van der Waals surface area (Å²) >= 11 is 0. The van der Waals surface area contributed by atoms with E-state index < -0.39 is 0 Å². The zero-order valence-corrected chi connectivity index (χ0v) is 10.8. The highest BCUT2D eigenvalue weighted by molar-refractivity contribution is 5.35. The van der Waals surface area contributed by atoms with Gasteiger partial charge in [0, 0.05) is 25.9 Å². The summed E-state index contributed by atoms with van der Waals surface area (Å²) in [4.78, 5) is 14.3. The first-order valence-corrected chi connectivity index (χ1v) is 6.65. The fourth-order valence-electron chi connectivity index (χ4n) is 2.61. The molecule has 1 atom stereocenters. The van der Waals surface area contributed by atoms with E-state index in [9.17, 15) is 4.79 Å². The van der Waals surface area contributed by atoms with E-state index in [2.05, 4.69) is 10.00 Å². The van der Waals surface area contributed by atoms with Crippen LogP contribution < -0.4 is 5.69 Å². The lowest BCUT2D eigenvalue weighted by molar-refractivity contribution is 0.219. The Kier molecular flexibility index (Phi) is 3.35. The minimum absolute atomic E-state index is 0.0893. The first-order chi connectivity index (χ1) is 9.28. The molecular weight excluding hydrogens is 244 g/mol. The maximum atomic E-state index is 12.1. The van der Waals surface area contributed by atoms with Crippen molar-refractivity contribution in [3.05, 3.63) is 34.9 Å². The summed E-state index contributed by atoms with van der Waals surface area (Å²) in [5.74, 6) is 0.387. The summed E-state index contributed by atoms with van der Waals surface area (Å²) in [5.41, 5.74) is 0.593. The molecule has 2 aromatic rings. The van der Waals surface area contributed by atoms with Crippen LogP contribution in [0.4, 0.5) is 0 Å². The van der Waals surface area contributed by atoms with Crippen molar-refractivity contribution >= 4 is 5.65 Å². The average Bonchev–Trinajstić information content (AvgIpc) is 3.02. The molecule has 3 heterocycles. The lowest BCUT2D eigenvalue weighted by Crippen LogP contribution is -2.30. The molecule has 6 heteroatoms. The number of rotatable bonds is 4. The van der Waals surface area contributed by atoms with Crippen LogP contribution in [-0.4, -0.2) is 50.4 Å². The van der Waals surface area contributed by atoms with Gasteiger partial charge in [0.05, 0.1) is 6.54 Å². The minimum Gasteiger partial charge on any atom is -0.396 e. The van der Waals surface area contributed by atoms with Crippen molar-refractivity contribution in [3.63, 3.8) is 0 Å². The Morgan fingerprint density at radius 3 is 3.00 bits per heavy atom. The minimum atomic E-state index is -0.0893.